The van der Waals surface area contributed by atoms with Crippen LogP contribution in [0.4, 0.5) is 5.95 Å². The van der Waals surface area contributed by atoms with Crippen molar-refractivity contribution in [3.63, 3.8) is 0 Å². The predicted octanol–water partition coefficient (Wildman–Crippen LogP) is 2.63. The number of anilines is 1. The third-order valence-electron chi connectivity index (χ3n) is 2.78. The molecule has 1 amide bonds. The van der Waals surface area contributed by atoms with Gasteiger partial charge in [-0.05, 0) is 31.2 Å². The van der Waals surface area contributed by atoms with Gasteiger partial charge in [0.2, 0.25) is 5.95 Å². The van der Waals surface area contributed by atoms with Crippen LogP contribution in [0, 0.1) is 6.92 Å². The molecule has 0 atom stereocenters. The number of carbonyl (C=O) groups is 1. The molecule has 6 nitrogen and oxygen atoms in total. The highest BCUT2D eigenvalue weighted by molar-refractivity contribution is 6.29. The van der Waals surface area contributed by atoms with E-state index >= 15 is 0 Å². The number of nitrogens with one attached hydrogen (secondary N) is 1. The molecule has 0 fully saturated rings. The van der Waals surface area contributed by atoms with Gasteiger partial charge in [-0.15, -0.1) is 0 Å². The van der Waals surface area contributed by atoms with Gasteiger partial charge in [-0.2, -0.15) is 0 Å². The molecule has 0 spiro atoms. The Morgan fingerprint density at radius 3 is 2.62 bits per heavy atom. The molecular formula is C14H10ClN5O. The Labute approximate surface area is 125 Å². The van der Waals surface area contributed by atoms with Crippen molar-refractivity contribution in [2.45, 2.75) is 6.92 Å². The van der Waals surface area contributed by atoms with E-state index in [9.17, 15) is 4.79 Å². The molecule has 0 aliphatic carbocycles. The second-order valence-corrected chi connectivity index (χ2v) is 4.76. The average molecular weight is 300 g/mol. The summed E-state index contributed by atoms with van der Waals surface area (Å²) in [4.78, 5) is 28.6. The number of rotatable bonds is 2. The van der Waals surface area contributed by atoms with E-state index < -0.39 is 0 Å². The normalized spacial score (nSPS) is 10.6. The number of aromatic nitrogens is 4. The summed E-state index contributed by atoms with van der Waals surface area (Å²) in [5.41, 5.74) is 2.50. The van der Waals surface area contributed by atoms with E-state index in [4.69, 9.17) is 11.6 Å². The fourth-order valence-corrected chi connectivity index (χ4v) is 2.10. The van der Waals surface area contributed by atoms with Crippen LogP contribution in [0.5, 0.6) is 0 Å². The zero-order valence-corrected chi connectivity index (χ0v) is 11.8. The molecule has 0 radical (unpaired) electrons. The molecule has 2 aromatic heterocycles. The van der Waals surface area contributed by atoms with Gasteiger partial charge in [0.25, 0.3) is 5.91 Å². The number of nitrogens with zero attached hydrogens (tertiary/aromatic N) is 4. The first-order valence-corrected chi connectivity index (χ1v) is 6.53. The first kappa shape index (κ1) is 13.4. The van der Waals surface area contributed by atoms with Gasteiger partial charge in [0.05, 0.1) is 11.0 Å². The van der Waals surface area contributed by atoms with Crippen LogP contribution in [0.15, 0.2) is 36.7 Å². The molecule has 7 heteroatoms. The number of amides is 1. The zero-order valence-electron chi connectivity index (χ0n) is 11.0. The lowest BCUT2D eigenvalue weighted by atomic mass is 10.2. The van der Waals surface area contributed by atoms with Crippen LogP contribution in [-0.2, 0) is 0 Å². The molecule has 0 aliphatic rings. The highest BCUT2D eigenvalue weighted by Crippen LogP contribution is 2.14. The molecule has 104 valence electrons. The molecule has 0 aliphatic heterocycles. The van der Waals surface area contributed by atoms with Gasteiger partial charge >= 0.3 is 0 Å². The summed E-state index contributed by atoms with van der Waals surface area (Å²) in [5.74, 6) is -0.159. The van der Waals surface area contributed by atoms with Crippen LogP contribution < -0.4 is 5.32 Å². The molecule has 3 rings (SSSR count). The first-order chi connectivity index (χ1) is 10.1. The third kappa shape index (κ3) is 2.95. The van der Waals surface area contributed by atoms with Crippen molar-refractivity contribution in [3.8, 4) is 0 Å². The van der Waals surface area contributed by atoms with E-state index in [0.717, 1.165) is 5.52 Å². The Kier molecular flexibility index (Phi) is 3.45. The molecule has 1 N–H and O–H groups in total. The van der Waals surface area contributed by atoms with E-state index in [2.05, 4.69) is 25.3 Å². The molecule has 0 saturated heterocycles. The van der Waals surface area contributed by atoms with Crippen LogP contribution >= 0.6 is 11.6 Å². The maximum atomic E-state index is 12.2. The van der Waals surface area contributed by atoms with Gasteiger partial charge in [-0.1, -0.05) is 11.6 Å². The van der Waals surface area contributed by atoms with Gasteiger partial charge < -0.3 is 0 Å². The third-order valence-corrected chi connectivity index (χ3v) is 2.97. The Balaban J connectivity index is 1.89. The van der Waals surface area contributed by atoms with Gasteiger partial charge in [-0.25, -0.2) is 9.97 Å². The number of halogens is 1. The van der Waals surface area contributed by atoms with Crippen molar-refractivity contribution >= 4 is 34.5 Å². The van der Waals surface area contributed by atoms with Crippen molar-refractivity contribution in [3.05, 3.63) is 53.1 Å². The second kappa shape index (κ2) is 5.41. The van der Waals surface area contributed by atoms with Crippen molar-refractivity contribution in [1.29, 1.82) is 0 Å². The highest BCUT2D eigenvalue weighted by Gasteiger charge is 2.10. The summed E-state index contributed by atoms with van der Waals surface area (Å²) in [5, 5.41) is 2.89. The van der Waals surface area contributed by atoms with E-state index in [1.165, 1.54) is 0 Å². The van der Waals surface area contributed by atoms with E-state index in [1.54, 1.807) is 43.6 Å². The molecule has 0 bridgehead atoms. The summed E-state index contributed by atoms with van der Waals surface area (Å²) in [6.07, 6.45) is 3.18. The number of hydrogen-bond acceptors (Lipinski definition) is 5. The minimum Gasteiger partial charge on any atom is -0.290 e. The van der Waals surface area contributed by atoms with Crippen LogP contribution in [0.1, 0.15) is 16.1 Å². The van der Waals surface area contributed by atoms with Crippen LogP contribution in [0.3, 0.4) is 0 Å². The highest BCUT2D eigenvalue weighted by atomic mass is 35.5. The molecule has 0 saturated carbocycles. The molecule has 0 unspecified atom stereocenters. The summed E-state index contributed by atoms with van der Waals surface area (Å²) in [6.45, 7) is 1.77. The summed E-state index contributed by atoms with van der Waals surface area (Å²) < 4.78 is 0. The molecular weight excluding hydrogens is 290 g/mol. The predicted molar refractivity (Wildman–Crippen MR) is 79.3 cm³/mol. The monoisotopic (exact) mass is 299 g/mol. The fourth-order valence-electron chi connectivity index (χ4n) is 1.86. The fraction of sp³-hybridized carbons (Fsp3) is 0.0714. The maximum Gasteiger partial charge on any atom is 0.258 e. The Morgan fingerprint density at radius 2 is 1.86 bits per heavy atom. The Bertz CT molecular complexity index is 816. The van der Waals surface area contributed by atoms with Crippen LogP contribution in [-0.4, -0.2) is 25.8 Å². The van der Waals surface area contributed by atoms with Crippen LogP contribution in [0.25, 0.3) is 11.0 Å². The van der Waals surface area contributed by atoms with Gasteiger partial charge in [0, 0.05) is 23.7 Å². The summed E-state index contributed by atoms with van der Waals surface area (Å²) in [7, 11) is 0. The average Bonchev–Trinajstić information content (AvgIpc) is 2.45. The van der Waals surface area contributed by atoms with E-state index in [-0.39, 0.29) is 17.0 Å². The van der Waals surface area contributed by atoms with E-state index in [1.807, 2.05) is 0 Å². The number of hydrogen-bond donors (Lipinski definition) is 1. The molecule has 1 aromatic carbocycles. The van der Waals surface area contributed by atoms with Crippen molar-refractivity contribution in [2.24, 2.45) is 0 Å². The lowest BCUT2D eigenvalue weighted by molar-refractivity contribution is 0.102. The maximum absolute atomic E-state index is 12.2. The van der Waals surface area contributed by atoms with Crippen molar-refractivity contribution < 1.29 is 4.79 Å². The number of carbonyl (C=O) groups excluding carboxylic acids is 1. The van der Waals surface area contributed by atoms with Crippen LogP contribution in [0.2, 0.25) is 5.15 Å². The molecule has 21 heavy (non-hydrogen) atoms. The molecule has 3 aromatic rings. The van der Waals surface area contributed by atoms with Gasteiger partial charge in [0.1, 0.15) is 5.15 Å². The van der Waals surface area contributed by atoms with Gasteiger partial charge in [0.15, 0.2) is 0 Å². The first-order valence-electron chi connectivity index (χ1n) is 6.15. The quantitative estimate of drug-likeness (QED) is 0.736. The lowest BCUT2D eigenvalue weighted by Crippen LogP contribution is -2.14. The second-order valence-electron chi connectivity index (χ2n) is 4.37. The summed E-state index contributed by atoms with van der Waals surface area (Å²) >= 11 is 5.84. The number of fused-ring (bicyclic) bond motifs is 1. The van der Waals surface area contributed by atoms with Crippen molar-refractivity contribution in [1.82, 2.24) is 19.9 Å². The largest absolute Gasteiger partial charge is 0.290 e. The molecule has 2 heterocycles. The minimum absolute atomic E-state index is 0.171. The number of benzene rings is 1. The number of aryl methyl sites for hydroxylation is 1. The van der Waals surface area contributed by atoms with Crippen molar-refractivity contribution in [2.75, 3.05) is 5.32 Å². The summed E-state index contributed by atoms with van der Waals surface area (Å²) in [6, 6.07) is 6.68. The Hall–Kier alpha value is -2.60. The smallest absolute Gasteiger partial charge is 0.258 e. The zero-order chi connectivity index (χ0) is 14.8. The lowest BCUT2D eigenvalue weighted by Gasteiger charge is -2.05. The SMILES string of the molecule is Cc1cc(Cl)nc(NC(=O)c2ccc3nccnc3c2)n1. The topological polar surface area (TPSA) is 80.7 Å². The standard InChI is InChI=1S/C14H10ClN5O/c1-8-6-12(15)19-14(18-8)20-13(21)9-2-3-10-11(7-9)17-5-4-16-10/h2-7H,1H3,(H,18,19,20,21). The van der Waals surface area contributed by atoms with Gasteiger partial charge in [-0.3, -0.25) is 20.1 Å². The van der Waals surface area contributed by atoms with E-state index in [0.29, 0.717) is 16.8 Å². The Morgan fingerprint density at radius 1 is 1.10 bits per heavy atom. The minimum atomic E-state index is -0.329.